The van der Waals surface area contributed by atoms with Crippen LogP contribution < -0.4 is 4.74 Å². The van der Waals surface area contributed by atoms with Gasteiger partial charge in [-0.25, -0.2) is 0 Å². The highest BCUT2D eigenvalue weighted by atomic mass is 16.5. The van der Waals surface area contributed by atoms with Crippen LogP contribution in [0.5, 0.6) is 5.75 Å². The first kappa shape index (κ1) is 19.0. The van der Waals surface area contributed by atoms with E-state index in [4.69, 9.17) is 9.15 Å². The van der Waals surface area contributed by atoms with Crippen LogP contribution in [-0.4, -0.2) is 46.6 Å². The molecule has 29 heavy (non-hydrogen) atoms. The molecule has 3 heterocycles. The summed E-state index contributed by atoms with van der Waals surface area (Å²) in [5.74, 6) is 1.01. The van der Waals surface area contributed by atoms with Crippen LogP contribution in [0.1, 0.15) is 39.3 Å². The maximum atomic E-state index is 13.0. The monoisotopic (exact) mass is 393 g/mol. The van der Waals surface area contributed by atoms with Crippen LogP contribution in [-0.2, 0) is 6.54 Å². The first-order valence-electron chi connectivity index (χ1n) is 9.67. The van der Waals surface area contributed by atoms with E-state index in [1.807, 2.05) is 29.3 Å². The predicted octanol–water partition coefficient (Wildman–Crippen LogP) is 3.27. The number of likely N-dealkylation sites (tertiary alicyclic amines) is 1. The standard InChI is InChI=1S/C22H23N3O4/c1-28-19-6-5-17(14-18(19)15-25-10-3-9-23-25)22(27)24-11-7-16(8-12-24)21(26)20-4-2-13-29-20/h2-6,9-10,13-14,16H,7-8,11-12,15H2,1H3. The number of benzene rings is 1. The minimum absolute atomic E-state index is 0.0213. The molecule has 4 rings (SSSR count). The lowest BCUT2D eigenvalue weighted by molar-refractivity contribution is 0.0642. The summed E-state index contributed by atoms with van der Waals surface area (Å²) >= 11 is 0. The van der Waals surface area contributed by atoms with Crippen LogP contribution in [0, 0.1) is 5.92 Å². The van der Waals surface area contributed by atoms with E-state index >= 15 is 0 Å². The topological polar surface area (TPSA) is 77.6 Å². The number of carbonyl (C=O) groups excluding carboxylic acids is 2. The number of nitrogens with zero attached hydrogens (tertiary/aromatic N) is 3. The predicted molar refractivity (Wildman–Crippen MR) is 106 cm³/mol. The van der Waals surface area contributed by atoms with Crippen molar-refractivity contribution in [1.82, 2.24) is 14.7 Å². The molecule has 0 atom stereocenters. The third-order valence-electron chi connectivity index (χ3n) is 5.34. The quantitative estimate of drug-likeness (QED) is 0.601. The van der Waals surface area contributed by atoms with E-state index in [1.54, 1.807) is 36.2 Å². The van der Waals surface area contributed by atoms with Crippen molar-refractivity contribution >= 4 is 11.7 Å². The third-order valence-corrected chi connectivity index (χ3v) is 5.34. The summed E-state index contributed by atoms with van der Waals surface area (Å²) in [5.41, 5.74) is 1.51. The maximum Gasteiger partial charge on any atom is 0.253 e. The van der Waals surface area contributed by atoms with E-state index in [9.17, 15) is 9.59 Å². The first-order chi connectivity index (χ1) is 14.2. The molecule has 0 radical (unpaired) electrons. The summed E-state index contributed by atoms with van der Waals surface area (Å²) < 4.78 is 12.4. The number of hydrogen-bond acceptors (Lipinski definition) is 5. The van der Waals surface area contributed by atoms with Gasteiger partial charge in [-0.2, -0.15) is 5.10 Å². The number of aromatic nitrogens is 2. The van der Waals surface area contributed by atoms with Crippen molar-refractivity contribution in [3.05, 3.63) is 71.9 Å². The van der Waals surface area contributed by atoms with E-state index in [0.29, 0.717) is 43.8 Å². The van der Waals surface area contributed by atoms with Gasteiger partial charge in [0.15, 0.2) is 5.76 Å². The summed E-state index contributed by atoms with van der Waals surface area (Å²) in [6, 6.07) is 10.7. The molecule has 1 fully saturated rings. The molecular formula is C22H23N3O4. The summed E-state index contributed by atoms with van der Waals surface area (Å²) in [4.78, 5) is 27.3. The molecule has 1 aliphatic heterocycles. The van der Waals surface area contributed by atoms with Crippen molar-refractivity contribution in [3.8, 4) is 5.75 Å². The van der Waals surface area contributed by atoms with Gasteiger partial charge >= 0.3 is 0 Å². The van der Waals surface area contributed by atoms with Gasteiger partial charge < -0.3 is 14.1 Å². The molecule has 0 saturated carbocycles. The summed E-state index contributed by atoms with van der Waals surface area (Å²) in [5, 5.41) is 4.22. The van der Waals surface area contributed by atoms with Gasteiger partial charge in [0.05, 0.1) is 19.9 Å². The minimum atomic E-state index is -0.101. The van der Waals surface area contributed by atoms with Crippen molar-refractivity contribution in [2.75, 3.05) is 20.2 Å². The zero-order valence-electron chi connectivity index (χ0n) is 16.3. The molecule has 150 valence electrons. The van der Waals surface area contributed by atoms with Crippen molar-refractivity contribution in [2.24, 2.45) is 5.92 Å². The van der Waals surface area contributed by atoms with Gasteiger partial charge in [0.25, 0.3) is 5.91 Å². The van der Waals surface area contributed by atoms with E-state index < -0.39 is 0 Å². The molecule has 1 saturated heterocycles. The normalized spacial score (nSPS) is 14.7. The number of ether oxygens (including phenoxy) is 1. The number of hydrogen-bond donors (Lipinski definition) is 0. The highest BCUT2D eigenvalue weighted by Crippen LogP contribution is 2.25. The second-order valence-corrected chi connectivity index (χ2v) is 7.14. The summed E-state index contributed by atoms with van der Waals surface area (Å²) in [6.07, 6.45) is 6.38. The fourth-order valence-corrected chi connectivity index (χ4v) is 3.75. The van der Waals surface area contributed by atoms with Gasteiger partial charge in [0.2, 0.25) is 5.78 Å². The Morgan fingerprint density at radius 3 is 2.69 bits per heavy atom. The molecule has 1 aromatic carbocycles. The summed E-state index contributed by atoms with van der Waals surface area (Å²) in [6.45, 7) is 1.63. The number of amides is 1. The zero-order valence-corrected chi connectivity index (χ0v) is 16.3. The molecule has 7 nitrogen and oxygen atoms in total. The fraction of sp³-hybridized carbons (Fsp3) is 0.318. The molecule has 0 aliphatic carbocycles. The van der Waals surface area contributed by atoms with Crippen LogP contribution in [0.25, 0.3) is 0 Å². The van der Waals surface area contributed by atoms with Crippen LogP contribution in [0.2, 0.25) is 0 Å². The van der Waals surface area contributed by atoms with E-state index in [1.165, 1.54) is 6.26 Å². The molecule has 0 spiro atoms. The van der Waals surface area contributed by atoms with Gasteiger partial charge in [-0.15, -0.1) is 0 Å². The van der Waals surface area contributed by atoms with E-state index in [2.05, 4.69) is 5.10 Å². The average molecular weight is 393 g/mol. The van der Waals surface area contributed by atoms with Crippen molar-refractivity contribution in [3.63, 3.8) is 0 Å². The Labute approximate surface area is 168 Å². The van der Waals surface area contributed by atoms with Crippen LogP contribution in [0.15, 0.2) is 59.5 Å². The second-order valence-electron chi connectivity index (χ2n) is 7.14. The zero-order chi connectivity index (χ0) is 20.2. The SMILES string of the molecule is COc1ccc(C(=O)N2CCC(C(=O)c3ccco3)CC2)cc1Cn1cccn1. The molecule has 0 N–H and O–H groups in total. The minimum Gasteiger partial charge on any atom is -0.496 e. The first-order valence-corrected chi connectivity index (χ1v) is 9.67. The molecule has 7 heteroatoms. The summed E-state index contributed by atoms with van der Waals surface area (Å²) in [7, 11) is 1.62. The van der Waals surface area contributed by atoms with Crippen LogP contribution in [0.3, 0.4) is 0 Å². The van der Waals surface area contributed by atoms with Crippen molar-refractivity contribution < 1.29 is 18.7 Å². The molecule has 1 aliphatic rings. The highest BCUT2D eigenvalue weighted by Gasteiger charge is 2.29. The Morgan fingerprint density at radius 1 is 1.21 bits per heavy atom. The number of rotatable bonds is 6. The molecule has 3 aromatic rings. The van der Waals surface area contributed by atoms with E-state index in [0.717, 1.165) is 11.3 Å². The number of carbonyl (C=O) groups is 2. The number of furan rings is 1. The highest BCUT2D eigenvalue weighted by molar-refractivity contribution is 5.96. The molecular weight excluding hydrogens is 370 g/mol. The maximum absolute atomic E-state index is 13.0. The fourth-order valence-electron chi connectivity index (χ4n) is 3.75. The van der Waals surface area contributed by atoms with Crippen LogP contribution in [0.4, 0.5) is 0 Å². The largest absolute Gasteiger partial charge is 0.496 e. The van der Waals surface area contributed by atoms with Gasteiger partial charge in [-0.1, -0.05) is 0 Å². The smallest absolute Gasteiger partial charge is 0.253 e. The Bertz CT molecular complexity index is 972. The number of ketones is 1. The number of methoxy groups -OCH3 is 1. The molecule has 1 amide bonds. The number of Topliss-reactive ketones (excluding diaryl/α,β-unsaturated/α-hetero) is 1. The Morgan fingerprint density at radius 2 is 2.03 bits per heavy atom. The molecule has 2 aromatic heterocycles. The van der Waals surface area contributed by atoms with Gasteiger partial charge in [-0.3, -0.25) is 14.3 Å². The van der Waals surface area contributed by atoms with Gasteiger partial charge in [0, 0.05) is 42.5 Å². The molecule has 0 bridgehead atoms. The Balaban J connectivity index is 1.44. The van der Waals surface area contributed by atoms with Gasteiger partial charge in [-0.05, 0) is 49.2 Å². The lowest BCUT2D eigenvalue weighted by atomic mass is 9.91. The number of piperidine rings is 1. The van der Waals surface area contributed by atoms with Crippen molar-refractivity contribution in [2.45, 2.75) is 19.4 Å². The third kappa shape index (κ3) is 4.08. The van der Waals surface area contributed by atoms with Crippen molar-refractivity contribution in [1.29, 1.82) is 0 Å². The Hall–Kier alpha value is -3.35. The van der Waals surface area contributed by atoms with E-state index in [-0.39, 0.29) is 17.6 Å². The average Bonchev–Trinajstić information content (AvgIpc) is 3.47. The Kier molecular flexibility index (Phi) is 5.46. The second kappa shape index (κ2) is 8.34. The molecule has 0 unspecified atom stereocenters. The lowest BCUT2D eigenvalue weighted by Gasteiger charge is -2.31. The lowest BCUT2D eigenvalue weighted by Crippen LogP contribution is -2.40. The van der Waals surface area contributed by atoms with Gasteiger partial charge in [0.1, 0.15) is 5.75 Å². The van der Waals surface area contributed by atoms with Crippen LogP contribution >= 0.6 is 0 Å².